The van der Waals surface area contributed by atoms with E-state index in [-0.39, 0.29) is 24.3 Å². The Bertz CT molecular complexity index is 1180. The number of hydrogen-bond donors (Lipinski definition) is 5. The zero-order valence-corrected chi connectivity index (χ0v) is 17.4. The van der Waals surface area contributed by atoms with Gasteiger partial charge in [-0.15, -0.1) is 11.3 Å². The van der Waals surface area contributed by atoms with Crippen LogP contribution in [0.15, 0.2) is 23.1 Å². The molecule has 12 heteroatoms. The standard InChI is InChI=1S/C19H21N5O6S/c1-30-13(25)7-5-11(18(28)29)22-16(26)12-6-4-10(31-12)3-2-9-8-21-15-14(9)17(27)24-19(20)23-15/h4,6,8,11H,2-3,5,7H2,1H3,(H,22,26)(H,28,29)(H4,20,21,23,24,27). The van der Waals surface area contributed by atoms with Crippen LogP contribution in [0, 0.1) is 0 Å². The number of fused-ring (bicyclic) bond motifs is 1. The van der Waals surface area contributed by atoms with Gasteiger partial charge in [0.05, 0.1) is 17.4 Å². The summed E-state index contributed by atoms with van der Waals surface area (Å²) in [4.78, 5) is 57.8. The number of carbonyl (C=O) groups excluding carboxylic acids is 2. The molecule has 3 aromatic rings. The average molecular weight is 447 g/mol. The molecule has 6 N–H and O–H groups in total. The summed E-state index contributed by atoms with van der Waals surface area (Å²) in [6.45, 7) is 0. The van der Waals surface area contributed by atoms with Gasteiger partial charge in [-0.1, -0.05) is 0 Å². The molecule has 0 aromatic carbocycles. The van der Waals surface area contributed by atoms with Crippen LogP contribution in [0.4, 0.5) is 5.95 Å². The predicted octanol–water partition coefficient (Wildman–Crippen LogP) is 0.816. The lowest BCUT2D eigenvalue weighted by Crippen LogP contribution is -2.40. The van der Waals surface area contributed by atoms with Crippen LogP contribution in [-0.2, 0) is 27.2 Å². The van der Waals surface area contributed by atoms with E-state index in [9.17, 15) is 24.3 Å². The molecule has 3 rings (SSSR count). The van der Waals surface area contributed by atoms with Gasteiger partial charge in [-0.3, -0.25) is 19.4 Å². The fraction of sp³-hybridized carbons (Fsp3) is 0.316. The molecule has 0 bridgehead atoms. The number of nitrogens with two attached hydrogens (primary N) is 1. The van der Waals surface area contributed by atoms with Crippen molar-refractivity contribution in [3.05, 3.63) is 44.0 Å². The van der Waals surface area contributed by atoms with E-state index in [0.717, 1.165) is 10.4 Å². The molecule has 31 heavy (non-hydrogen) atoms. The van der Waals surface area contributed by atoms with Crippen molar-refractivity contribution < 1.29 is 24.2 Å². The predicted molar refractivity (Wildman–Crippen MR) is 113 cm³/mol. The Morgan fingerprint density at radius 2 is 2.10 bits per heavy atom. The molecule has 11 nitrogen and oxygen atoms in total. The van der Waals surface area contributed by atoms with Crippen LogP contribution >= 0.6 is 11.3 Å². The van der Waals surface area contributed by atoms with Gasteiger partial charge in [-0.25, -0.2) is 4.79 Å². The lowest BCUT2D eigenvalue weighted by molar-refractivity contribution is -0.142. The van der Waals surface area contributed by atoms with E-state index >= 15 is 0 Å². The van der Waals surface area contributed by atoms with Crippen molar-refractivity contribution >= 4 is 46.2 Å². The number of anilines is 1. The molecule has 0 aliphatic rings. The third-order valence-corrected chi connectivity index (χ3v) is 5.78. The minimum atomic E-state index is -1.23. The number of carbonyl (C=O) groups is 3. The maximum absolute atomic E-state index is 12.4. The van der Waals surface area contributed by atoms with E-state index in [1.807, 2.05) is 0 Å². The highest BCUT2D eigenvalue weighted by Gasteiger charge is 2.22. The van der Waals surface area contributed by atoms with Gasteiger partial charge in [0.15, 0.2) is 0 Å². The topological polar surface area (TPSA) is 180 Å². The van der Waals surface area contributed by atoms with Crippen LogP contribution in [0.25, 0.3) is 11.0 Å². The summed E-state index contributed by atoms with van der Waals surface area (Å²) in [5.74, 6) is -2.27. The van der Waals surface area contributed by atoms with Gasteiger partial charge in [0, 0.05) is 17.5 Å². The highest BCUT2D eigenvalue weighted by molar-refractivity contribution is 7.14. The summed E-state index contributed by atoms with van der Waals surface area (Å²) in [5, 5.41) is 12.1. The third-order valence-electron chi connectivity index (χ3n) is 4.64. The van der Waals surface area contributed by atoms with Crippen LogP contribution in [-0.4, -0.2) is 51.1 Å². The SMILES string of the molecule is COC(=O)CCC(NC(=O)c1ccc(CCc2c[nH]c3nc(N)[nH]c(=O)c23)s1)C(=O)O. The Balaban J connectivity index is 1.63. The van der Waals surface area contributed by atoms with Crippen molar-refractivity contribution in [2.24, 2.45) is 0 Å². The molecule has 1 amide bonds. The van der Waals surface area contributed by atoms with Gasteiger partial charge in [-0.2, -0.15) is 4.98 Å². The first-order valence-electron chi connectivity index (χ1n) is 9.33. The Morgan fingerprint density at radius 3 is 2.81 bits per heavy atom. The number of H-pyrrole nitrogens is 2. The van der Waals surface area contributed by atoms with Gasteiger partial charge in [-0.05, 0) is 37.0 Å². The molecule has 0 fully saturated rings. The lowest BCUT2D eigenvalue weighted by Gasteiger charge is -2.13. The van der Waals surface area contributed by atoms with Gasteiger partial charge in [0.1, 0.15) is 11.7 Å². The molecule has 0 aliphatic carbocycles. The summed E-state index contributed by atoms with van der Waals surface area (Å²) in [6, 6.07) is 2.19. The van der Waals surface area contributed by atoms with Crippen molar-refractivity contribution in [3.63, 3.8) is 0 Å². The highest BCUT2D eigenvalue weighted by Crippen LogP contribution is 2.21. The summed E-state index contributed by atoms with van der Waals surface area (Å²) >= 11 is 1.23. The van der Waals surface area contributed by atoms with E-state index in [0.29, 0.717) is 28.8 Å². The molecule has 0 spiro atoms. The number of rotatable bonds is 9. The summed E-state index contributed by atoms with van der Waals surface area (Å²) in [7, 11) is 1.21. The van der Waals surface area contributed by atoms with Gasteiger partial charge >= 0.3 is 11.9 Å². The van der Waals surface area contributed by atoms with Crippen molar-refractivity contribution in [3.8, 4) is 0 Å². The summed E-state index contributed by atoms with van der Waals surface area (Å²) in [5.41, 5.74) is 6.41. The number of aryl methyl sites for hydroxylation is 2. The minimum absolute atomic E-state index is 0.0334. The molecule has 3 heterocycles. The number of carboxylic acid groups (broad SMARTS) is 1. The van der Waals surface area contributed by atoms with E-state index in [1.54, 1.807) is 18.3 Å². The summed E-state index contributed by atoms with van der Waals surface area (Å²) in [6.07, 6.45) is 2.62. The van der Waals surface area contributed by atoms with Crippen molar-refractivity contribution in [2.45, 2.75) is 31.7 Å². The molecular formula is C19H21N5O6S. The van der Waals surface area contributed by atoms with Crippen LogP contribution in [0.3, 0.4) is 0 Å². The lowest BCUT2D eigenvalue weighted by atomic mass is 10.1. The Labute approximate surface area is 179 Å². The van der Waals surface area contributed by atoms with E-state index in [1.165, 1.54) is 18.4 Å². The number of aromatic nitrogens is 3. The smallest absolute Gasteiger partial charge is 0.326 e. The zero-order chi connectivity index (χ0) is 22.5. The molecule has 3 aromatic heterocycles. The number of methoxy groups -OCH3 is 1. The maximum Gasteiger partial charge on any atom is 0.326 e. The summed E-state index contributed by atoms with van der Waals surface area (Å²) < 4.78 is 4.49. The minimum Gasteiger partial charge on any atom is -0.480 e. The van der Waals surface area contributed by atoms with Crippen LogP contribution in [0.1, 0.15) is 33.0 Å². The molecule has 0 radical (unpaired) electrons. The fourth-order valence-electron chi connectivity index (χ4n) is 3.06. The number of amides is 1. The van der Waals surface area contributed by atoms with Crippen LogP contribution in [0.2, 0.25) is 0 Å². The molecule has 1 atom stereocenters. The number of aliphatic carboxylic acids is 1. The van der Waals surface area contributed by atoms with Gasteiger partial charge in [0.25, 0.3) is 11.5 Å². The Hall–Kier alpha value is -3.67. The number of nitrogens with one attached hydrogen (secondary N) is 3. The average Bonchev–Trinajstić information content (AvgIpc) is 3.35. The van der Waals surface area contributed by atoms with Crippen molar-refractivity contribution in [1.29, 1.82) is 0 Å². The molecule has 0 saturated heterocycles. The highest BCUT2D eigenvalue weighted by atomic mass is 32.1. The second-order valence-electron chi connectivity index (χ2n) is 6.73. The Kier molecular flexibility index (Phi) is 6.70. The molecule has 0 aliphatic heterocycles. The second-order valence-corrected chi connectivity index (χ2v) is 7.90. The number of nitrogens with zero attached hydrogens (tertiary/aromatic N) is 1. The molecular weight excluding hydrogens is 426 g/mol. The number of ether oxygens (including phenoxy) is 1. The third kappa shape index (κ3) is 5.28. The zero-order valence-electron chi connectivity index (χ0n) is 16.6. The first-order valence-corrected chi connectivity index (χ1v) is 10.1. The molecule has 0 saturated carbocycles. The number of esters is 1. The maximum atomic E-state index is 12.4. The van der Waals surface area contributed by atoms with E-state index < -0.39 is 23.9 Å². The molecule has 164 valence electrons. The number of hydrogen-bond acceptors (Lipinski definition) is 8. The quantitative estimate of drug-likeness (QED) is 0.299. The number of thiophene rings is 1. The molecule has 1 unspecified atom stereocenters. The van der Waals surface area contributed by atoms with Crippen molar-refractivity contribution in [1.82, 2.24) is 20.3 Å². The first-order chi connectivity index (χ1) is 14.8. The largest absolute Gasteiger partial charge is 0.480 e. The fourth-order valence-corrected chi connectivity index (χ4v) is 3.97. The number of aromatic amines is 2. The Morgan fingerprint density at radius 1 is 1.32 bits per heavy atom. The number of carboxylic acids is 1. The van der Waals surface area contributed by atoms with Gasteiger partial charge in [0.2, 0.25) is 5.95 Å². The van der Waals surface area contributed by atoms with Crippen LogP contribution in [0.5, 0.6) is 0 Å². The van der Waals surface area contributed by atoms with E-state index in [4.69, 9.17) is 5.73 Å². The first kappa shape index (κ1) is 22.0. The monoisotopic (exact) mass is 447 g/mol. The van der Waals surface area contributed by atoms with Crippen LogP contribution < -0.4 is 16.6 Å². The second kappa shape index (κ2) is 9.43. The normalized spacial score (nSPS) is 11.9. The van der Waals surface area contributed by atoms with Crippen molar-refractivity contribution in [2.75, 3.05) is 12.8 Å². The number of nitrogen functional groups attached to an aromatic ring is 1. The van der Waals surface area contributed by atoms with E-state index in [2.05, 4.69) is 25.0 Å². The van der Waals surface area contributed by atoms with Gasteiger partial charge < -0.3 is 25.9 Å².